The molecule has 4 aromatic rings. The van der Waals surface area contributed by atoms with Gasteiger partial charge in [0.05, 0.1) is 16.6 Å². The van der Waals surface area contributed by atoms with Gasteiger partial charge in [0, 0.05) is 17.5 Å². The lowest BCUT2D eigenvalue weighted by atomic mass is 10.1. The highest BCUT2D eigenvalue weighted by molar-refractivity contribution is 6.00. The SMILES string of the molecule is NCCCn1nc(-c2nc3ccc(F)cc3[nH]2)c2ccc(C(N)=O)cc21. The van der Waals surface area contributed by atoms with Crippen LogP contribution in [0.25, 0.3) is 33.5 Å². The molecule has 0 aliphatic rings. The summed E-state index contributed by atoms with van der Waals surface area (Å²) in [4.78, 5) is 19.1. The number of fused-ring (bicyclic) bond motifs is 2. The molecule has 7 nitrogen and oxygen atoms in total. The number of aromatic nitrogens is 4. The molecule has 2 aromatic heterocycles. The van der Waals surface area contributed by atoms with Gasteiger partial charge < -0.3 is 16.5 Å². The average molecular weight is 352 g/mol. The number of nitrogens with zero attached hydrogens (tertiary/aromatic N) is 3. The van der Waals surface area contributed by atoms with Crippen molar-refractivity contribution < 1.29 is 9.18 Å². The minimum atomic E-state index is -0.501. The van der Waals surface area contributed by atoms with Crippen LogP contribution in [0.2, 0.25) is 0 Å². The summed E-state index contributed by atoms with van der Waals surface area (Å²) in [6, 6.07) is 9.54. The van der Waals surface area contributed by atoms with Crippen LogP contribution >= 0.6 is 0 Å². The summed E-state index contributed by atoms with van der Waals surface area (Å²) < 4.78 is 15.2. The van der Waals surface area contributed by atoms with Crippen LogP contribution in [0.5, 0.6) is 0 Å². The molecule has 2 aromatic carbocycles. The number of carbonyl (C=O) groups excluding carboxylic acids is 1. The first-order valence-corrected chi connectivity index (χ1v) is 8.23. The van der Waals surface area contributed by atoms with Gasteiger partial charge >= 0.3 is 0 Å². The minimum absolute atomic E-state index is 0.336. The Hall–Kier alpha value is -3.26. The lowest BCUT2D eigenvalue weighted by Crippen LogP contribution is -2.11. The highest BCUT2D eigenvalue weighted by Crippen LogP contribution is 2.29. The number of imidazole rings is 1. The van der Waals surface area contributed by atoms with Crippen molar-refractivity contribution in [3.8, 4) is 11.5 Å². The number of benzene rings is 2. The number of hydrogen-bond acceptors (Lipinski definition) is 4. The number of carbonyl (C=O) groups is 1. The zero-order valence-electron chi connectivity index (χ0n) is 13.9. The first-order chi connectivity index (χ1) is 12.6. The third-order valence-electron chi connectivity index (χ3n) is 4.28. The number of aryl methyl sites for hydroxylation is 1. The van der Waals surface area contributed by atoms with Crippen molar-refractivity contribution in [1.29, 1.82) is 0 Å². The summed E-state index contributed by atoms with van der Waals surface area (Å²) in [7, 11) is 0. The molecule has 0 radical (unpaired) electrons. The highest BCUT2D eigenvalue weighted by Gasteiger charge is 2.17. The van der Waals surface area contributed by atoms with E-state index < -0.39 is 5.91 Å². The summed E-state index contributed by atoms with van der Waals surface area (Å²) in [6.07, 6.45) is 0.738. The molecule has 0 unspecified atom stereocenters. The lowest BCUT2D eigenvalue weighted by Gasteiger charge is -2.02. The molecule has 0 spiro atoms. The fourth-order valence-electron chi connectivity index (χ4n) is 3.01. The van der Waals surface area contributed by atoms with E-state index in [1.165, 1.54) is 12.1 Å². The van der Waals surface area contributed by atoms with Gasteiger partial charge in [0.1, 0.15) is 11.5 Å². The highest BCUT2D eigenvalue weighted by atomic mass is 19.1. The second-order valence-electron chi connectivity index (χ2n) is 6.06. The molecular formula is C18H17FN6O. The number of nitrogens with two attached hydrogens (primary N) is 2. The molecule has 8 heteroatoms. The number of halogens is 1. The van der Waals surface area contributed by atoms with Gasteiger partial charge in [-0.05, 0) is 49.4 Å². The molecule has 0 saturated heterocycles. The maximum atomic E-state index is 13.4. The molecular weight excluding hydrogens is 335 g/mol. The zero-order chi connectivity index (χ0) is 18.3. The van der Waals surface area contributed by atoms with E-state index in [9.17, 15) is 9.18 Å². The van der Waals surface area contributed by atoms with E-state index in [4.69, 9.17) is 11.5 Å². The quantitative estimate of drug-likeness (QED) is 0.510. The number of aromatic amines is 1. The Morgan fingerprint density at radius 2 is 2.08 bits per heavy atom. The fourth-order valence-corrected chi connectivity index (χ4v) is 3.01. The van der Waals surface area contributed by atoms with Crippen molar-refractivity contribution in [2.75, 3.05) is 6.54 Å². The average Bonchev–Trinajstić information content (AvgIpc) is 3.20. The zero-order valence-corrected chi connectivity index (χ0v) is 13.9. The van der Waals surface area contributed by atoms with Crippen molar-refractivity contribution in [2.45, 2.75) is 13.0 Å². The minimum Gasteiger partial charge on any atom is -0.366 e. The van der Waals surface area contributed by atoms with Crippen molar-refractivity contribution in [3.05, 3.63) is 47.8 Å². The molecule has 2 heterocycles. The predicted molar refractivity (Wildman–Crippen MR) is 97.0 cm³/mol. The third kappa shape index (κ3) is 2.70. The van der Waals surface area contributed by atoms with E-state index in [1.54, 1.807) is 28.9 Å². The van der Waals surface area contributed by atoms with E-state index in [1.807, 2.05) is 0 Å². The second-order valence-corrected chi connectivity index (χ2v) is 6.06. The van der Waals surface area contributed by atoms with Gasteiger partial charge in [-0.3, -0.25) is 9.48 Å². The summed E-state index contributed by atoms with van der Waals surface area (Å²) in [5.41, 5.74) is 14.1. The van der Waals surface area contributed by atoms with Crippen molar-refractivity contribution in [1.82, 2.24) is 19.7 Å². The van der Waals surface area contributed by atoms with Gasteiger partial charge in [0.15, 0.2) is 5.82 Å². The predicted octanol–water partition coefficient (Wildman–Crippen LogP) is 2.17. The molecule has 4 rings (SSSR count). The number of rotatable bonds is 5. The van der Waals surface area contributed by atoms with Crippen LogP contribution in [0.15, 0.2) is 36.4 Å². The first-order valence-electron chi connectivity index (χ1n) is 8.23. The standard InChI is InChI=1S/C18H17FN6O/c19-11-3-5-13-14(9-11)23-18(22-13)16-12-4-2-10(17(21)26)8-15(12)25(24-16)7-1-6-20/h2-5,8-9H,1,6-7,20H2,(H2,21,26)(H,22,23). The molecule has 5 N–H and O–H groups in total. The number of primary amides is 1. The lowest BCUT2D eigenvalue weighted by molar-refractivity contribution is 0.100. The van der Waals surface area contributed by atoms with Crippen LogP contribution in [-0.2, 0) is 6.54 Å². The van der Waals surface area contributed by atoms with E-state index >= 15 is 0 Å². The molecule has 0 aliphatic carbocycles. The van der Waals surface area contributed by atoms with E-state index in [2.05, 4.69) is 15.1 Å². The number of nitrogens with one attached hydrogen (secondary N) is 1. The molecule has 132 valence electrons. The van der Waals surface area contributed by atoms with Crippen LogP contribution < -0.4 is 11.5 Å². The van der Waals surface area contributed by atoms with Gasteiger partial charge in [-0.15, -0.1) is 0 Å². The van der Waals surface area contributed by atoms with E-state index in [0.717, 1.165) is 17.3 Å². The Morgan fingerprint density at radius 1 is 1.23 bits per heavy atom. The maximum Gasteiger partial charge on any atom is 0.248 e. The van der Waals surface area contributed by atoms with E-state index in [0.29, 0.717) is 41.2 Å². The Labute approximate surface area is 147 Å². The smallest absolute Gasteiger partial charge is 0.248 e. The van der Waals surface area contributed by atoms with Gasteiger partial charge in [-0.1, -0.05) is 0 Å². The van der Waals surface area contributed by atoms with Gasteiger partial charge in [-0.2, -0.15) is 5.10 Å². The first kappa shape index (κ1) is 16.2. The van der Waals surface area contributed by atoms with Crippen LogP contribution in [0, 0.1) is 5.82 Å². The van der Waals surface area contributed by atoms with E-state index in [-0.39, 0.29) is 5.82 Å². The monoisotopic (exact) mass is 352 g/mol. The molecule has 1 amide bonds. The second kappa shape index (κ2) is 6.23. The summed E-state index contributed by atoms with van der Waals surface area (Å²) in [5, 5.41) is 5.46. The maximum absolute atomic E-state index is 13.4. The number of hydrogen-bond donors (Lipinski definition) is 3. The van der Waals surface area contributed by atoms with Crippen LogP contribution in [0.4, 0.5) is 4.39 Å². The molecule has 26 heavy (non-hydrogen) atoms. The van der Waals surface area contributed by atoms with Crippen LogP contribution in [-0.4, -0.2) is 32.2 Å². The Bertz CT molecular complexity index is 1130. The summed E-state index contributed by atoms with van der Waals surface area (Å²) in [5.74, 6) is -0.301. The summed E-state index contributed by atoms with van der Waals surface area (Å²) in [6.45, 7) is 1.13. The third-order valence-corrected chi connectivity index (χ3v) is 4.28. The topological polar surface area (TPSA) is 116 Å². The van der Waals surface area contributed by atoms with Gasteiger partial charge in [0.25, 0.3) is 0 Å². The van der Waals surface area contributed by atoms with Crippen molar-refractivity contribution in [3.63, 3.8) is 0 Å². The Kier molecular flexibility index (Phi) is 3.89. The Morgan fingerprint density at radius 3 is 2.85 bits per heavy atom. The fraction of sp³-hybridized carbons (Fsp3) is 0.167. The largest absolute Gasteiger partial charge is 0.366 e. The van der Waals surface area contributed by atoms with Crippen LogP contribution in [0.1, 0.15) is 16.8 Å². The van der Waals surface area contributed by atoms with Crippen molar-refractivity contribution >= 4 is 27.8 Å². The van der Waals surface area contributed by atoms with Gasteiger partial charge in [-0.25, -0.2) is 9.37 Å². The van der Waals surface area contributed by atoms with Crippen LogP contribution in [0.3, 0.4) is 0 Å². The van der Waals surface area contributed by atoms with Gasteiger partial charge in [0.2, 0.25) is 5.91 Å². The number of H-pyrrole nitrogens is 1. The molecule has 0 saturated carbocycles. The molecule has 0 fully saturated rings. The van der Waals surface area contributed by atoms with Crippen molar-refractivity contribution in [2.24, 2.45) is 11.5 Å². The molecule has 0 atom stereocenters. The number of amides is 1. The normalized spacial score (nSPS) is 11.5. The molecule has 0 aliphatic heterocycles. The summed E-state index contributed by atoms with van der Waals surface area (Å²) >= 11 is 0. The molecule has 0 bridgehead atoms. The Balaban J connectivity index is 1.91.